The van der Waals surface area contributed by atoms with E-state index in [0.29, 0.717) is 5.69 Å². The molecular formula is C29H29N2OSi+. The van der Waals surface area contributed by atoms with Crippen LogP contribution in [0.15, 0.2) is 52.9 Å². The van der Waals surface area contributed by atoms with Gasteiger partial charge >= 0.3 is 0 Å². The Labute approximate surface area is 196 Å². The summed E-state index contributed by atoms with van der Waals surface area (Å²) in [6, 6.07) is 17.5. The number of aryl methyl sites for hydroxylation is 3. The molecule has 0 fully saturated rings. The molecule has 0 unspecified atom stereocenters. The molecule has 3 aromatic carbocycles. The van der Waals surface area contributed by atoms with Gasteiger partial charge in [-0.25, -0.2) is 4.85 Å². The van der Waals surface area contributed by atoms with E-state index in [-0.39, 0.29) is 0 Å². The zero-order chi connectivity index (χ0) is 23.7. The predicted molar refractivity (Wildman–Crippen MR) is 141 cm³/mol. The third kappa shape index (κ3) is 3.19. The van der Waals surface area contributed by atoms with Gasteiger partial charge in [0.1, 0.15) is 18.2 Å². The summed E-state index contributed by atoms with van der Waals surface area (Å²) in [5, 5.41) is 4.88. The number of furan rings is 1. The lowest BCUT2D eigenvalue weighted by molar-refractivity contribution is -0.633. The average molecular weight is 450 g/mol. The van der Waals surface area contributed by atoms with Crippen LogP contribution in [0.5, 0.6) is 0 Å². The number of rotatable bonds is 2. The first-order chi connectivity index (χ1) is 15.6. The molecule has 0 aliphatic heterocycles. The number of hydrogen-bond acceptors (Lipinski definition) is 1. The van der Waals surface area contributed by atoms with Gasteiger partial charge in [-0.15, -0.1) is 0 Å². The number of nitrogens with zero attached hydrogens (tertiary/aromatic N) is 2. The molecule has 0 amide bonds. The van der Waals surface area contributed by atoms with Crippen molar-refractivity contribution in [1.82, 2.24) is 0 Å². The fraction of sp³-hybridized carbons (Fsp3) is 0.241. The zero-order valence-electron chi connectivity index (χ0n) is 20.4. The molecule has 33 heavy (non-hydrogen) atoms. The molecule has 5 rings (SSSR count). The lowest BCUT2D eigenvalue weighted by Gasteiger charge is -2.16. The molecule has 0 aliphatic carbocycles. The minimum Gasteiger partial charge on any atom is -0.456 e. The van der Waals surface area contributed by atoms with Gasteiger partial charge in [0, 0.05) is 28.3 Å². The molecule has 0 spiro atoms. The Bertz CT molecular complexity index is 1650. The monoisotopic (exact) mass is 449 g/mol. The van der Waals surface area contributed by atoms with Gasteiger partial charge in [0.05, 0.1) is 20.2 Å². The summed E-state index contributed by atoms with van der Waals surface area (Å²) in [4.78, 5) is 3.67. The van der Waals surface area contributed by atoms with Crippen molar-refractivity contribution in [1.29, 1.82) is 0 Å². The van der Waals surface area contributed by atoms with Crippen molar-refractivity contribution < 1.29 is 8.98 Å². The summed E-state index contributed by atoms with van der Waals surface area (Å²) < 4.78 is 8.85. The fourth-order valence-electron chi connectivity index (χ4n) is 4.86. The molecule has 0 N–H and O–H groups in total. The topological polar surface area (TPSA) is 21.4 Å². The van der Waals surface area contributed by atoms with Crippen LogP contribution in [0.3, 0.4) is 0 Å². The van der Waals surface area contributed by atoms with Gasteiger partial charge in [-0.3, -0.25) is 0 Å². The molecular weight excluding hydrogens is 420 g/mol. The third-order valence-corrected chi connectivity index (χ3v) is 9.13. The van der Waals surface area contributed by atoms with E-state index in [1.807, 2.05) is 19.1 Å². The minimum absolute atomic E-state index is 0.645. The first-order valence-corrected chi connectivity index (χ1v) is 14.9. The Balaban J connectivity index is 1.89. The largest absolute Gasteiger partial charge is 0.456 e. The van der Waals surface area contributed by atoms with Gasteiger partial charge in [-0.05, 0) is 55.7 Å². The molecule has 3 nitrogen and oxygen atoms in total. The lowest BCUT2D eigenvalue weighted by Crippen LogP contribution is -2.39. The van der Waals surface area contributed by atoms with E-state index in [1.165, 1.54) is 27.2 Å². The molecule has 0 saturated carbocycles. The second kappa shape index (κ2) is 7.30. The highest BCUT2D eigenvalue weighted by Crippen LogP contribution is 2.41. The van der Waals surface area contributed by atoms with Crippen molar-refractivity contribution in [3.8, 4) is 11.3 Å². The van der Waals surface area contributed by atoms with E-state index in [4.69, 9.17) is 11.0 Å². The fourth-order valence-corrected chi connectivity index (χ4v) is 6.01. The van der Waals surface area contributed by atoms with E-state index >= 15 is 0 Å². The maximum atomic E-state index is 7.49. The standard InChI is InChI=1S/C29H29N2OSi/c1-17-15-23-22-12-13-24(30-4)19(3)28(22)32-29(23)27(18(17)2)25-14-10-20-9-11-21(33(6,7)8)16-26(20)31(25)5/h9-16H,1-3,5-8H3/q+1. The van der Waals surface area contributed by atoms with Crippen LogP contribution in [0.25, 0.3) is 48.9 Å². The summed E-state index contributed by atoms with van der Waals surface area (Å²) >= 11 is 0. The quantitative estimate of drug-likeness (QED) is 0.158. The van der Waals surface area contributed by atoms with Crippen LogP contribution in [0.1, 0.15) is 16.7 Å². The number of aromatic nitrogens is 1. The van der Waals surface area contributed by atoms with Gasteiger partial charge in [-0.1, -0.05) is 43.0 Å². The molecule has 2 aromatic heterocycles. The number of pyridine rings is 1. The summed E-state index contributed by atoms with van der Waals surface area (Å²) in [7, 11) is 0.730. The van der Waals surface area contributed by atoms with Crippen LogP contribution in [-0.2, 0) is 7.05 Å². The lowest BCUT2D eigenvalue weighted by atomic mass is 9.95. The van der Waals surface area contributed by atoms with Crippen molar-refractivity contribution >= 4 is 51.8 Å². The third-order valence-electron chi connectivity index (χ3n) is 7.09. The van der Waals surface area contributed by atoms with Gasteiger partial charge in [-0.2, -0.15) is 4.57 Å². The molecule has 0 saturated heterocycles. The van der Waals surface area contributed by atoms with Crippen molar-refractivity contribution in [2.75, 3.05) is 0 Å². The number of hydrogen-bond donors (Lipinski definition) is 0. The van der Waals surface area contributed by atoms with Crippen molar-refractivity contribution in [2.45, 2.75) is 40.4 Å². The van der Waals surface area contributed by atoms with Gasteiger partial charge < -0.3 is 4.42 Å². The van der Waals surface area contributed by atoms with Crippen molar-refractivity contribution in [3.63, 3.8) is 0 Å². The van der Waals surface area contributed by atoms with Gasteiger partial charge in [0.2, 0.25) is 11.2 Å². The van der Waals surface area contributed by atoms with E-state index in [9.17, 15) is 0 Å². The van der Waals surface area contributed by atoms with Crippen LogP contribution in [-0.4, -0.2) is 8.07 Å². The molecule has 5 aromatic rings. The number of benzene rings is 3. The highest BCUT2D eigenvalue weighted by molar-refractivity contribution is 6.88. The van der Waals surface area contributed by atoms with Crippen LogP contribution in [0, 0.1) is 27.3 Å². The van der Waals surface area contributed by atoms with Crippen LogP contribution < -0.4 is 9.75 Å². The van der Waals surface area contributed by atoms with Crippen molar-refractivity contribution in [2.24, 2.45) is 7.05 Å². The Hall–Kier alpha value is -3.42. The molecule has 164 valence electrons. The molecule has 0 aliphatic rings. The second-order valence-corrected chi connectivity index (χ2v) is 15.2. The van der Waals surface area contributed by atoms with Gasteiger partial charge in [0.25, 0.3) is 0 Å². The summed E-state index contributed by atoms with van der Waals surface area (Å²) in [6.07, 6.45) is 0. The zero-order valence-corrected chi connectivity index (χ0v) is 21.4. The molecule has 4 heteroatoms. The molecule has 0 radical (unpaired) electrons. The first-order valence-electron chi connectivity index (χ1n) is 11.4. The van der Waals surface area contributed by atoms with Crippen molar-refractivity contribution in [3.05, 3.63) is 76.6 Å². The Kier molecular flexibility index (Phi) is 4.74. The Morgan fingerprint density at radius 3 is 2.27 bits per heavy atom. The average Bonchev–Trinajstić information content (AvgIpc) is 3.14. The highest BCUT2D eigenvalue weighted by atomic mass is 28.3. The van der Waals surface area contributed by atoms with Crippen LogP contribution in [0.4, 0.5) is 5.69 Å². The number of fused-ring (bicyclic) bond motifs is 4. The molecule has 0 bridgehead atoms. The Morgan fingerprint density at radius 1 is 0.848 bits per heavy atom. The normalized spacial score (nSPS) is 12.1. The summed E-state index contributed by atoms with van der Waals surface area (Å²) in [5.41, 5.74) is 9.24. The summed E-state index contributed by atoms with van der Waals surface area (Å²) in [5.74, 6) is 0. The van der Waals surface area contributed by atoms with E-state index in [2.05, 4.69) is 86.3 Å². The maximum Gasteiger partial charge on any atom is 0.216 e. The second-order valence-electron chi connectivity index (χ2n) is 10.2. The maximum absolute atomic E-state index is 7.49. The van der Waals surface area contributed by atoms with E-state index in [0.717, 1.165) is 38.8 Å². The summed E-state index contributed by atoms with van der Waals surface area (Å²) in [6.45, 7) is 21.0. The van der Waals surface area contributed by atoms with Gasteiger partial charge in [0.15, 0.2) is 5.69 Å². The van der Waals surface area contributed by atoms with E-state index in [1.54, 1.807) is 0 Å². The smallest absolute Gasteiger partial charge is 0.216 e. The Morgan fingerprint density at radius 2 is 1.58 bits per heavy atom. The highest BCUT2D eigenvalue weighted by Gasteiger charge is 2.25. The SMILES string of the molecule is [C-]#[N+]c1ccc2c(oc3c(-c4ccc5ccc([Si](C)(C)C)cc5[n+]4C)c(C)c(C)cc32)c1C. The van der Waals surface area contributed by atoms with Crippen LogP contribution in [0.2, 0.25) is 19.6 Å². The minimum atomic E-state index is -1.43. The predicted octanol–water partition coefficient (Wildman–Crippen LogP) is 7.25. The first kappa shape index (κ1) is 21.4. The molecule has 0 atom stereocenters. The van der Waals surface area contributed by atoms with Crippen LogP contribution >= 0.6 is 0 Å². The molecule has 2 heterocycles. The van der Waals surface area contributed by atoms with E-state index < -0.39 is 8.07 Å².